The lowest BCUT2D eigenvalue weighted by Gasteiger charge is -2.06. The number of methoxy groups -OCH3 is 2. The van der Waals surface area contributed by atoms with Gasteiger partial charge < -0.3 is 14.8 Å². The van der Waals surface area contributed by atoms with E-state index in [2.05, 4.69) is 15.5 Å². The first-order chi connectivity index (χ1) is 13.1. The number of amides is 1. The average molecular weight is 402 g/mol. The molecule has 3 rings (SSSR count). The lowest BCUT2D eigenvalue weighted by Crippen LogP contribution is -2.11. The fraction of sp³-hybridized carbons (Fsp3) is 0.105. The van der Waals surface area contributed by atoms with Gasteiger partial charge in [0.05, 0.1) is 19.3 Å². The third kappa shape index (κ3) is 4.84. The molecule has 0 aliphatic heterocycles. The molecule has 3 aromatic rings. The van der Waals surface area contributed by atoms with Crippen LogP contribution in [0, 0.1) is 0 Å². The Morgan fingerprint density at radius 1 is 1.04 bits per heavy atom. The van der Waals surface area contributed by atoms with Crippen LogP contribution in [0.2, 0.25) is 0 Å². The molecule has 0 aliphatic carbocycles. The molecule has 0 spiro atoms. The smallest absolute Gasteiger partial charge is 0.286 e. The lowest BCUT2D eigenvalue weighted by atomic mass is 10.2. The van der Waals surface area contributed by atoms with Crippen molar-refractivity contribution in [1.29, 1.82) is 0 Å². The average Bonchev–Trinajstić information content (AvgIpc) is 3.19. The summed E-state index contributed by atoms with van der Waals surface area (Å²) in [5.74, 6) is 0.952. The van der Waals surface area contributed by atoms with Crippen LogP contribution in [0.3, 0.4) is 0 Å². The minimum atomic E-state index is -0.336. The van der Waals surface area contributed by atoms with Crippen LogP contribution in [0.5, 0.6) is 11.5 Å². The van der Waals surface area contributed by atoms with Crippen LogP contribution >= 0.6 is 22.9 Å². The molecule has 0 aliphatic rings. The quantitative estimate of drug-likeness (QED) is 0.656. The van der Waals surface area contributed by atoms with Crippen molar-refractivity contribution in [2.24, 2.45) is 0 Å². The Hall–Kier alpha value is -2.90. The standard InChI is InChI=1S/C19H16ClN3O3S/c1-25-14-8-12(9-15(11-14)26-2)10-16(20)18-22-23-19(27-18)17(24)21-13-6-4-3-5-7-13/h3-11H,1-2H3,(H,21,24)/b16-10-. The topological polar surface area (TPSA) is 73.3 Å². The molecule has 1 heterocycles. The molecular weight excluding hydrogens is 386 g/mol. The van der Waals surface area contributed by atoms with E-state index in [0.717, 1.165) is 16.9 Å². The van der Waals surface area contributed by atoms with E-state index in [1.807, 2.05) is 30.3 Å². The first kappa shape index (κ1) is 18.9. The molecule has 1 aromatic heterocycles. The number of anilines is 1. The summed E-state index contributed by atoms with van der Waals surface area (Å²) in [7, 11) is 3.15. The van der Waals surface area contributed by atoms with Crippen LogP contribution in [-0.4, -0.2) is 30.3 Å². The summed E-state index contributed by atoms with van der Waals surface area (Å²) < 4.78 is 10.5. The van der Waals surface area contributed by atoms with E-state index < -0.39 is 0 Å². The summed E-state index contributed by atoms with van der Waals surface area (Å²) in [4.78, 5) is 12.3. The number of benzene rings is 2. The van der Waals surface area contributed by atoms with E-state index in [1.165, 1.54) is 0 Å². The Morgan fingerprint density at radius 2 is 1.67 bits per heavy atom. The van der Waals surface area contributed by atoms with Crippen LogP contribution in [-0.2, 0) is 0 Å². The summed E-state index contributed by atoms with van der Waals surface area (Å²) in [5.41, 5.74) is 1.46. The van der Waals surface area contributed by atoms with Gasteiger partial charge in [0.25, 0.3) is 5.91 Å². The van der Waals surface area contributed by atoms with Gasteiger partial charge >= 0.3 is 0 Å². The van der Waals surface area contributed by atoms with E-state index in [1.54, 1.807) is 38.5 Å². The molecule has 0 atom stereocenters. The highest BCUT2D eigenvalue weighted by Crippen LogP contribution is 2.29. The van der Waals surface area contributed by atoms with E-state index in [9.17, 15) is 4.79 Å². The van der Waals surface area contributed by atoms with Gasteiger partial charge in [-0.3, -0.25) is 4.79 Å². The number of halogens is 1. The summed E-state index contributed by atoms with van der Waals surface area (Å²) in [5, 5.41) is 11.7. The zero-order valence-electron chi connectivity index (χ0n) is 14.6. The molecule has 0 radical (unpaired) electrons. The van der Waals surface area contributed by atoms with Gasteiger partial charge in [-0.25, -0.2) is 0 Å². The number of ether oxygens (including phenoxy) is 2. The number of hydrogen-bond acceptors (Lipinski definition) is 6. The molecule has 0 unspecified atom stereocenters. The Morgan fingerprint density at radius 3 is 2.30 bits per heavy atom. The van der Waals surface area contributed by atoms with E-state index in [4.69, 9.17) is 21.1 Å². The number of nitrogens with zero attached hydrogens (tertiary/aromatic N) is 2. The second kappa shape index (κ2) is 8.66. The zero-order chi connectivity index (χ0) is 19.2. The number of carbonyl (C=O) groups is 1. The third-order valence-corrected chi connectivity index (χ3v) is 4.88. The predicted molar refractivity (Wildman–Crippen MR) is 108 cm³/mol. The molecule has 138 valence electrons. The third-order valence-electron chi connectivity index (χ3n) is 3.52. The molecule has 2 aromatic carbocycles. The van der Waals surface area contributed by atoms with Crippen molar-refractivity contribution in [3.05, 3.63) is 64.1 Å². The number of hydrogen-bond donors (Lipinski definition) is 1. The van der Waals surface area contributed by atoms with Crippen molar-refractivity contribution in [1.82, 2.24) is 10.2 Å². The van der Waals surface area contributed by atoms with Crippen molar-refractivity contribution in [2.75, 3.05) is 19.5 Å². The van der Waals surface area contributed by atoms with Gasteiger partial charge in [-0.05, 0) is 35.9 Å². The predicted octanol–water partition coefficient (Wildman–Crippen LogP) is 4.54. The molecule has 0 bridgehead atoms. The SMILES string of the molecule is COc1cc(/C=C(\Cl)c2nnc(C(=O)Nc3ccccc3)s2)cc(OC)c1. The van der Waals surface area contributed by atoms with Crippen LogP contribution in [0.15, 0.2) is 48.5 Å². The van der Waals surface area contributed by atoms with E-state index in [-0.39, 0.29) is 10.9 Å². The van der Waals surface area contributed by atoms with Gasteiger partial charge in [0.2, 0.25) is 5.01 Å². The fourth-order valence-electron chi connectivity index (χ4n) is 2.24. The maximum atomic E-state index is 12.3. The molecule has 8 heteroatoms. The number of para-hydroxylation sites is 1. The van der Waals surface area contributed by atoms with Crippen LogP contribution in [0.4, 0.5) is 5.69 Å². The first-order valence-electron chi connectivity index (χ1n) is 7.89. The Bertz CT molecular complexity index is 951. The highest BCUT2D eigenvalue weighted by molar-refractivity contribution is 7.15. The van der Waals surface area contributed by atoms with Gasteiger partial charge in [0.1, 0.15) is 11.5 Å². The molecule has 0 fully saturated rings. The Kier molecular flexibility index (Phi) is 6.05. The van der Waals surface area contributed by atoms with Gasteiger partial charge in [0.15, 0.2) is 5.01 Å². The van der Waals surface area contributed by atoms with Gasteiger partial charge in [-0.15, -0.1) is 10.2 Å². The van der Waals surface area contributed by atoms with Crippen LogP contribution in [0.1, 0.15) is 20.4 Å². The Labute approximate surface area is 165 Å². The minimum Gasteiger partial charge on any atom is -0.497 e. The number of aromatic nitrogens is 2. The largest absolute Gasteiger partial charge is 0.497 e. The highest BCUT2D eigenvalue weighted by Gasteiger charge is 2.15. The molecule has 0 saturated carbocycles. The maximum Gasteiger partial charge on any atom is 0.286 e. The second-order valence-electron chi connectivity index (χ2n) is 5.37. The van der Waals surface area contributed by atoms with Crippen LogP contribution < -0.4 is 14.8 Å². The second-order valence-corrected chi connectivity index (χ2v) is 6.76. The lowest BCUT2D eigenvalue weighted by molar-refractivity contribution is 0.102. The number of nitrogens with one attached hydrogen (secondary N) is 1. The van der Waals surface area contributed by atoms with E-state index >= 15 is 0 Å². The number of rotatable bonds is 6. The van der Waals surface area contributed by atoms with Crippen molar-refractivity contribution >= 4 is 45.6 Å². The zero-order valence-corrected chi connectivity index (χ0v) is 16.2. The summed E-state index contributed by atoms with van der Waals surface area (Å²) in [6.07, 6.45) is 1.71. The van der Waals surface area contributed by atoms with Crippen LogP contribution in [0.25, 0.3) is 11.1 Å². The summed E-state index contributed by atoms with van der Waals surface area (Å²) >= 11 is 7.48. The first-order valence-corrected chi connectivity index (χ1v) is 9.09. The summed E-state index contributed by atoms with van der Waals surface area (Å²) in [6, 6.07) is 14.5. The monoisotopic (exact) mass is 401 g/mol. The van der Waals surface area contributed by atoms with Gasteiger partial charge in [-0.2, -0.15) is 0 Å². The molecule has 27 heavy (non-hydrogen) atoms. The molecule has 0 saturated heterocycles. The van der Waals surface area contributed by atoms with Crippen molar-refractivity contribution < 1.29 is 14.3 Å². The highest BCUT2D eigenvalue weighted by atomic mass is 35.5. The van der Waals surface area contributed by atoms with Crippen molar-refractivity contribution in [3.63, 3.8) is 0 Å². The molecular formula is C19H16ClN3O3S. The molecule has 6 nitrogen and oxygen atoms in total. The number of carbonyl (C=O) groups excluding carboxylic acids is 1. The minimum absolute atomic E-state index is 0.226. The Balaban J connectivity index is 1.79. The normalized spacial score (nSPS) is 11.1. The van der Waals surface area contributed by atoms with Gasteiger partial charge in [0, 0.05) is 11.8 Å². The fourth-order valence-corrected chi connectivity index (χ4v) is 3.16. The molecule has 1 amide bonds. The van der Waals surface area contributed by atoms with Crippen molar-refractivity contribution in [2.45, 2.75) is 0 Å². The summed E-state index contributed by atoms with van der Waals surface area (Å²) in [6.45, 7) is 0. The maximum absolute atomic E-state index is 12.3. The van der Waals surface area contributed by atoms with Gasteiger partial charge in [-0.1, -0.05) is 41.1 Å². The van der Waals surface area contributed by atoms with E-state index in [0.29, 0.717) is 27.2 Å². The van der Waals surface area contributed by atoms with Crippen molar-refractivity contribution in [3.8, 4) is 11.5 Å². The molecule has 1 N–H and O–H groups in total.